The Morgan fingerprint density at radius 2 is 1.88 bits per heavy atom. The van der Waals surface area contributed by atoms with Gasteiger partial charge in [-0.15, -0.1) is 0 Å². The number of imidazole rings is 1. The quantitative estimate of drug-likeness (QED) is 0.835. The first kappa shape index (κ1) is 15.9. The minimum atomic E-state index is -0.0765. The van der Waals surface area contributed by atoms with Gasteiger partial charge in [-0.2, -0.15) is 0 Å². The molecule has 1 amide bonds. The Kier molecular flexibility index (Phi) is 3.53. The van der Waals surface area contributed by atoms with Crippen molar-refractivity contribution in [1.29, 1.82) is 0 Å². The molecule has 0 saturated heterocycles. The van der Waals surface area contributed by atoms with Crippen LogP contribution in [0.2, 0.25) is 0 Å². The van der Waals surface area contributed by atoms with Gasteiger partial charge in [0.25, 0.3) is 0 Å². The van der Waals surface area contributed by atoms with Crippen LogP contribution in [0.1, 0.15) is 49.8 Å². The van der Waals surface area contributed by atoms with Gasteiger partial charge >= 0.3 is 0 Å². The van der Waals surface area contributed by atoms with Crippen LogP contribution < -0.4 is 5.32 Å². The van der Waals surface area contributed by atoms with Gasteiger partial charge in [0.05, 0.1) is 12.2 Å². The van der Waals surface area contributed by atoms with Crippen LogP contribution in [0.4, 0.5) is 0 Å². The summed E-state index contributed by atoms with van der Waals surface area (Å²) in [6.45, 7) is 2.59. The number of rotatable bonds is 3. The Labute approximate surface area is 156 Å². The molecule has 4 bridgehead atoms. The van der Waals surface area contributed by atoms with Crippen molar-refractivity contribution in [2.45, 2.75) is 52.0 Å². The average Bonchev–Trinajstić information content (AvgIpc) is 2.94. The molecule has 0 spiro atoms. The van der Waals surface area contributed by atoms with Gasteiger partial charge in [-0.1, -0.05) is 0 Å². The molecule has 0 aromatic carbocycles. The molecule has 2 aromatic heterocycles. The lowest BCUT2D eigenvalue weighted by Crippen LogP contribution is -2.53. The zero-order chi connectivity index (χ0) is 17.2. The standard InChI is InChI=1S/C20H24BrN3O/c1-12-2-16(21)10-24-11-17(23-18(12)24)9-22-19(25)20-6-13-3-14(7-20)5-15(4-13)8-20/h2,10-11,13-15H,3-9H2,1H3,(H,22,25). The molecular weight excluding hydrogens is 378 g/mol. The number of amides is 1. The smallest absolute Gasteiger partial charge is 0.226 e. The van der Waals surface area contributed by atoms with Gasteiger partial charge in [0.2, 0.25) is 5.91 Å². The predicted octanol–water partition coefficient (Wildman–Crippen LogP) is 4.24. The van der Waals surface area contributed by atoms with Gasteiger partial charge in [-0.25, -0.2) is 4.98 Å². The number of nitrogens with one attached hydrogen (secondary N) is 1. The van der Waals surface area contributed by atoms with Crippen molar-refractivity contribution in [1.82, 2.24) is 14.7 Å². The van der Waals surface area contributed by atoms with E-state index in [2.05, 4.69) is 34.2 Å². The molecule has 0 radical (unpaired) electrons. The first-order valence-corrected chi connectivity index (χ1v) is 10.2. The molecule has 2 heterocycles. The van der Waals surface area contributed by atoms with Crippen LogP contribution in [0, 0.1) is 30.1 Å². The van der Waals surface area contributed by atoms with Crippen LogP contribution in [-0.4, -0.2) is 15.3 Å². The van der Waals surface area contributed by atoms with Crippen molar-refractivity contribution in [2.75, 3.05) is 0 Å². The largest absolute Gasteiger partial charge is 0.350 e. The topological polar surface area (TPSA) is 46.4 Å². The monoisotopic (exact) mass is 401 g/mol. The van der Waals surface area contributed by atoms with Gasteiger partial charge < -0.3 is 9.72 Å². The molecule has 0 unspecified atom stereocenters. The molecule has 4 fully saturated rings. The maximum Gasteiger partial charge on any atom is 0.226 e. The molecule has 4 aliphatic carbocycles. The summed E-state index contributed by atoms with van der Waals surface area (Å²) >= 11 is 3.53. The summed E-state index contributed by atoms with van der Waals surface area (Å²) in [5.74, 6) is 2.67. The number of halogens is 1. The lowest BCUT2D eigenvalue weighted by molar-refractivity contribution is -0.146. The minimum absolute atomic E-state index is 0.0765. The first-order chi connectivity index (χ1) is 12.0. The van der Waals surface area contributed by atoms with Gasteiger partial charge in [-0.3, -0.25) is 4.79 Å². The molecule has 2 aromatic rings. The molecule has 0 atom stereocenters. The van der Waals surface area contributed by atoms with E-state index >= 15 is 0 Å². The van der Waals surface area contributed by atoms with E-state index in [1.807, 2.05) is 16.8 Å². The van der Waals surface area contributed by atoms with Gasteiger partial charge in [0, 0.05) is 22.3 Å². The number of hydrogen-bond donors (Lipinski definition) is 1. The average molecular weight is 402 g/mol. The summed E-state index contributed by atoms with van der Waals surface area (Å²) in [6.07, 6.45) is 11.5. The second-order valence-electron chi connectivity index (χ2n) is 8.69. The highest BCUT2D eigenvalue weighted by atomic mass is 79.9. The molecule has 0 aliphatic heterocycles. The fraction of sp³-hybridized carbons (Fsp3) is 0.600. The van der Waals surface area contributed by atoms with Gasteiger partial charge in [0.15, 0.2) is 0 Å². The predicted molar refractivity (Wildman–Crippen MR) is 100 cm³/mol. The normalized spacial score (nSPS) is 33.1. The van der Waals surface area contributed by atoms with Crippen LogP contribution in [0.25, 0.3) is 5.65 Å². The maximum absolute atomic E-state index is 13.1. The molecule has 132 valence electrons. The fourth-order valence-electron chi connectivity index (χ4n) is 6.11. The van der Waals surface area contributed by atoms with Crippen molar-refractivity contribution in [2.24, 2.45) is 23.2 Å². The first-order valence-electron chi connectivity index (χ1n) is 9.43. The third-order valence-electron chi connectivity index (χ3n) is 6.70. The summed E-state index contributed by atoms with van der Waals surface area (Å²) in [4.78, 5) is 17.8. The van der Waals surface area contributed by atoms with Crippen molar-refractivity contribution in [3.8, 4) is 0 Å². The summed E-state index contributed by atoms with van der Waals surface area (Å²) < 4.78 is 3.07. The molecule has 6 rings (SSSR count). The van der Waals surface area contributed by atoms with Crippen molar-refractivity contribution >= 4 is 27.5 Å². The van der Waals surface area contributed by atoms with E-state index in [0.717, 1.165) is 58.4 Å². The Balaban J connectivity index is 1.33. The zero-order valence-corrected chi connectivity index (χ0v) is 16.2. The second-order valence-corrected chi connectivity index (χ2v) is 9.60. The van der Waals surface area contributed by atoms with Crippen molar-refractivity contribution < 1.29 is 4.79 Å². The molecule has 4 nitrogen and oxygen atoms in total. The molecule has 5 heteroatoms. The highest BCUT2D eigenvalue weighted by Crippen LogP contribution is 2.60. The number of aryl methyl sites for hydroxylation is 1. The lowest BCUT2D eigenvalue weighted by atomic mass is 9.49. The minimum Gasteiger partial charge on any atom is -0.350 e. The summed E-state index contributed by atoms with van der Waals surface area (Å²) in [5.41, 5.74) is 2.95. The summed E-state index contributed by atoms with van der Waals surface area (Å²) in [7, 11) is 0. The van der Waals surface area contributed by atoms with Crippen LogP contribution in [0.15, 0.2) is 22.9 Å². The SMILES string of the molecule is Cc1cc(Br)cn2cc(CNC(=O)C34CC5CC(CC(C5)C3)C4)nc12. The van der Waals surface area contributed by atoms with Crippen molar-refractivity contribution in [3.05, 3.63) is 34.2 Å². The van der Waals surface area contributed by atoms with E-state index in [1.165, 1.54) is 19.3 Å². The number of nitrogens with zero attached hydrogens (tertiary/aromatic N) is 2. The molecule has 25 heavy (non-hydrogen) atoms. The van der Waals surface area contributed by atoms with E-state index in [0.29, 0.717) is 6.54 Å². The van der Waals surface area contributed by atoms with Gasteiger partial charge in [-0.05, 0) is 90.8 Å². The fourth-order valence-corrected chi connectivity index (χ4v) is 6.67. The van der Waals surface area contributed by atoms with Crippen LogP contribution in [-0.2, 0) is 11.3 Å². The van der Waals surface area contributed by atoms with E-state index in [-0.39, 0.29) is 11.3 Å². The Morgan fingerprint density at radius 3 is 2.52 bits per heavy atom. The van der Waals surface area contributed by atoms with Crippen LogP contribution in [0.5, 0.6) is 0 Å². The van der Waals surface area contributed by atoms with E-state index in [9.17, 15) is 4.79 Å². The second kappa shape index (κ2) is 5.57. The van der Waals surface area contributed by atoms with Gasteiger partial charge in [0.1, 0.15) is 5.65 Å². The molecule has 4 saturated carbocycles. The Morgan fingerprint density at radius 1 is 1.24 bits per heavy atom. The summed E-state index contributed by atoms with van der Waals surface area (Å²) in [5, 5.41) is 3.22. The zero-order valence-electron chi connectivity index (χ0n) is 14.6. The number of hydrogen-bond acceptors (Lipinski definition) is 2. The number of pyridine rings is 1. The number of carbonyl (C=O) groups excluding carboxylic acids is 1. The highest BCUT2D eigenvalue weighted by Gasteiger charge is 2.54. The molecule has 4 aliphatic rings. The number of aromatic nitrogens is 2. The highest BCUT2D eigenvalue weighted by molar-refractivity contribution is 9.10. The van der Waals surface area contributed by atoms with E-state index < -0.39 is 0 Å². The third-order valence-corrected chi connectivity index (χ3v) is 7.14. The third kappa shape index (κ3) is 2.62. The lowest BCUT2D eigenvalue weighted by Gasteiger charge is -2.55. The molecule has 1 N–H and O–H groups in total. The maximum atomic E-state index is 13.1. The van der Waals surface area contributed by atoms with E-state index in [4.69, 9.17) is 4.98 Å². The Bertz CT molecular complexity index is 821. The number of carbonyl (C=O) groups is 1. The van der Waals surface area contributed by atoms with E-state index in [1.54, 1.807) is 0 Å². The van der Waals surface area contributed by atoms with Crippen LogP contribution in [0.3, 0.4) is 0 Å². The van der Waals surface area contributed by atoms with Crippen LogP contribution >= 0.6 is 15.9 Å². The summed E-state index contributed by atoms with van der Waals surface area (Å²) in [6, 6.07) is 2.07. The van der Waals surface area contributed by atoms with Crippen molar-refractivity contribution in [3.63, 3.8) is 0 Å². The molecular formula is C20H24BrN3O. The Hall–Kier alpha value is -1.36. The number of fused-ring (bicyclic) bond motifs is 1.